The van der Waals surface area contributed by atoms with E-state index in [1.807, 2.05) is 56.4 Å². The number of halogens is 1. The summed E-state index contributed by atoms with van der Waals surface area (Å²) >= 11 is 3.46. The number of para-hydroxylation sites is 1. The van der Waals surface area contributed by atoms with Crippen LogP contribution in [0.1, 0.15) is 27.3 Å². The molecule has 0 atom stereocenters. The van der Waals surface area contributed by atoms with Crippen LogP contribution in [0.4, 0.5) is 0 Å². The van der Waals surface area contributed by atoms with Crippen LogP contribution in [0.5, 0.6) is 5.75 Å². The molecular formula is C20H20BrN3O2. The molecule has 1 N–H and O–H groups in total. The third-order valence-corrected chi connectivity index (χ3v) is 4.70. The van der Waals surface area contributed by atoms with Gasteiger partial charge in [-0.1, -0.05) is 24.3 Å². The average molecular weight is 414 g/mol. The van der Waals surface area contributed by atoms with Gasteiger partial charge in [-0.15, -0.1) is 0 Å². The van der Waals surface area contributed by atoms with Crippen molar-refractivity contribution in [1.82, 2.24) is 15.1 Å². The molecule has 0 radical (unpaired) electrons. The van der Waals surface area contributed by atoms with Gasteiger partial charge >= 0.3 is 0 Å². The van der Waals surface area contributed by atoms with Crippen LogP contribution < -0.4 is 10.1 Å². The van der Waals surface area contributed by atoms with Gasteiger partial charge in [-0.2, -0.15) is 5.10 Å². The first-order valence-corrected chi connectivity index (χ1v) is 9.06. The minimum Gasteiger partial charge on any atom is -0.488 e. The Labute approximate surface area is 161 Å². The molecule has 0 fully saturated rings. The molecule has 0 aliphatic rings. The molecular weight excluding hydrogens is 394 g/mol. The molecule has 0 unspecified atom stereocenters. The molecule has 2 aromatic carbocycles. The van der Waals surface area contributed by atoms with E-state index in [4.69, 9.17) is 4.74 Å². The van der Waals surface area contributed by atoms with Crippen molar-refractivity contribution < 1.29 is 9.53 Å². The summed E-state index contributed by atoms with van der Waals surface area (Å²) in [6.45, 7) is 2.83. The van der Waals surface area contributed by atoms with Gasteiger partial charge in [0, 0.05) is 18.3 Å². The molecule has 26 heavy (non-hydrogen) atoms. The number of benzene rings is 2. The number of amides is 1. The van der Waals surface area contributed by atoms with Crippen molar-refractivity contribution in [3.8, 4) is 5.75 Å². The van der Waals surface area contributed by atoms with Crippen LogP contribution >= 0.6 is 15.9 Å². The van der Waals surface area contributed by atoms with E-state index in [0.717, 1.165) is 27.2 Å². The van der Waals surface area contributed by atoms with E-state index in [-0.39, 0.29) is 5.91 Å². The third kappa shape index (κ3) is 4.52. The molecule has 0 saturated carbocycles. The lowest BCUT2D eigenvalue weighted by Gasteiger charge is -2.09. The van der Waals surface area contributed by atoms with Crippen LogP contribution in [0.25, 0.3) is 0 Å². The molecule has 5 nitrogen and oxygen atoms in total. The van der Waals surface area contributed by atoms with Gasteiger partial charge in [-0.05, 0) is 58.7 Å². The zero-order valence-corrected chi connectivity index (χ0v) is 16.3. The molecule has 3 rings (SSSR count). The lowest BCUT2D eigenvalue weighted by Crippen LogP contribution is -2.23. The number of nitrogens with zero attached hydrogens (tertiary/aromatic N) is 2. The van der Waals surface area contributed by atoms with E-state index >= 15 is 0 Å². The summed E-state index contributed by atoms with van der Waals surface area (Å²) in [6.07, 6.45) is 0. The van der Waals surface area contributed by atoms with Gasteiger partial charge in [0.15, 0.2) is 0 Å². The number of aromatic nitrogens is 2. The Morgan fingerprint density at radius 1 is 1.19 bits per heavy atom. The molecule has 0 aliphatic carbocycles. The zero-order valence-electron chi connectivity index (χ0n) is 14.7. The molecule has 134 valence electrons. The van der Waals surface area contributed by atoms with Crippen molar-refractivity contribution in [1.29, 1.82) is 0 Å². The van der Waals surface area contributed by atoms with E-state index in [0.29, 0.717) is 18.7 Å². The summed E-state index contributed by atoms with van der Waals surface area (Å²) in [5, 5.41) is 7.22. The SMILES string of the molecule is Cc1cc(CNC(=O)c2ccc(COc3ccccc3Br)cc2)nn1C. The summed E-state index contributed by atoms with van der Waals surface area (Å²) in [7, 11) is 1.88. The number of rotatable bonds is 6. The van der Waals surface area contributed by atoms with Gasteiger partial charge in [0.1, 0.15) is 12.4 Å². The maximum absolute atomic E-state index is 12.3. The van der Waals surface area contributed by atoms with E-state index in [1.165, 1.54) is 0 Å². The smallest absolute Gasteiger partial charge is 0.251 e. The Morgan fingerprint density at radius 3 is 2.58 bits per heavy atom. The maximum atomic E-state index is 12.3. The van der Waals surface area contributed by atoms with E-state index in [9.17, 15) is 4.79 Å². The Balaban J connectivity index is 1.55. The molecule has 1 aromatic heterocycles. The normalized spacial score (nSPS) is 10.6. The molecule has 0 aliphatic heterocycles. The number of aryl methyl sites for hydroxylation is 2. The van der Waals surface area contributed by atoms with Crippen LogP contribution in [0.3, 0.4) is 0 Å². The van der Waals surface area contributed by atoms with Gasteiger partial charge in [-0.25, -0.2) is 0 Å². The molecule has 3 aromatic rings. The maximum Gasteiger partial charge on any atom is 0.251 e. The highest BCUT2D eigenvalue weighted by atomic mass is 79.9. The summed E-state index contributed by atoms with van der Waals surface area (Å²) in [6, 6.07) is 17.1. The topological polar surface area (TPSA) is 56.1 Å². The fraction of sp³-hybridized carbons (Fsp3) is 0.200. The van der Waals surface area contributed by atoms with Gasteiger partial charge in [0.2, 0.25) is 0 Å². The molecule has 1 amide bonds. The van der Waals surface area contributed by atoms with E-state index in [2.05, 4.69) is 26.3 Å². The summed E-state index contributed by atoms with van der Waals surface area (Å²) in [5.41, 5.74) is 3.51. The van der Waals surface area contributed by atoms with Crippen LogP contribution in [0.15, 0.2) is 59.1 Å². The highest BCUT2D eigenvalue weighted by molar-refractivity contribution is 9.10. The predicted molar refractivity (Wildman–Crippen MR) is 104 cm³/mol. The Kier molecular flexibility index (Phi) is 5.73. The van der Waals surface area contributed by atoms with Crippen LogP contribution in [-0.4, -0.2) is 15.7 Å². The standard InChI is InChI=1S/C20H20BrN3O2/c1-14-11-17(23-24(14)2)12-22-20(25)16-9-7-15(8-10-16)13-26-19-6-4-3-5-18(19)21/h3-11H,12-13H2,1-2H3,(H,22,25). The predicted octanol–water partition coefficient (Wildman–Crippen LogP) is 4.00. The van der Waals surface area contributed by atoms with E-state index < -0.39 is 0 Å². The average Bonchev–Trinajstić information content (AvgIpc) is 2.97. The van der Waals surface area contributed by atoms with Crippen LogP contribution in [0.2, 0.25) is 0 Å². The quantitative estimate of drug-likeness (QED) is 0.664. The molecule has 1 heterocycles. The largest absolute Gasteiger partial charge is 0.488 e. The summed E-state index contributed by atoms with van der Waals surface area (Å²) in [5.74, 6) is 0.673. The third-order valence-electron chi connectivity index (χ3n) is 4.04. The first-order chi connectivity index (χ1) is 12.5. The van der Waals surface area contributed by atoms with Crippen molar-refractivity contribution >= 4 is 21.8 Å². The lowest BCUT2D eigenvalue weighted by molar-refractivity contribution is 0.0950. The summed E-state index contributed by atoms with van der Waals surface area (Å²) in [4.78, 5) is 12.3. The number of carbonyl (C=O) groups is 1. The number of hydrogen-bond donors (Lipinski definition) is 1. The van der Waals surface area contributed by atoms with Crippen molar-refractivity contribution in [3.63, 3.8) is 0 Å². The lowest BCUT2D eigenvalue weighted by atomic mass is 10.1. The van der Waals surface area contributed by atoms with Gasteiger partial charge < -0.3 is 10.1 Å². The fourth-order valence-corrected chi connectivity index (χ4v) is 2.87. The highest BCUT2D eigenvalue weighted by Gasteiger charge is 2.08. The second kappa shape index (κ2) is 8.19. The Hall–Kier alpha value is -2.60. The number of nitrogens with one attached hydrogen (secondary N) is 1. The fourth-order valence-electron chi connectivity index (χ4n) is 2.47. The minimum atomic E-state index is -0.119. The summed E-state index contributed by atoms with van der Waals surface area (Å²) < 4.78 is 8.49. The molecule has 0 bridgehead atoms. The van der Waals surface area contributed by atoms with E-state index in [1.54, 1.807) is 16.8 Å². The monoisotopic (exact) mass is 413 g/mol. The second-order valence-corrected chi connectivity index (χ2v) is 6.85. The Bertz CT molecular complexity index is 884. The molecule has 0 saturated heterocycles. The first-order valence-electron chi connectivity index (χ1n) is 8.27. The zero-order chi connectivity index (χ0) is 18.5. The van der Waals surface area contributed by atoms with Crippen LogP contribution in [-0.2, 0) is 20.2 Å². The van der Waals surface area contributed by atoms with Gasteiger partial charge in [0.05, 0.1) is 16.7 Å². The number of carbonyl (C=O) groups excluding carboxylic acids is 1. The highest BCUT2D eigenvalue weighted by Crippen LogP contribution is 2.24. The van der Waals surface area contributed by atoms with Crippen molar-refractivity contribution in [2.24, 2.45) is 7.05 Å². The first kappa shape index (κ1) is 18.2. The van der Waals surface area contributed by atoms with Crippen LogP contribution in [0, 0.1) is 6.92 Å². The van der Waals surface area contributed by atoms with Crippen molar-refractivity contribution in [2.45, 2.75) is 20.1 Å². The number of hydrogen-bond acceptors (Lipinski definition) is 3. The molecule has 0 spiro atoms. The number of ether oxygens (including phenoxy) is 1. The Morgan fingerprint density at radius 2 is 1.92 bits per heavy atom. The molecule has 6 heteroatoms. The van der Waals surface area contributed by atoms with Gasteiger partial charge in [0.25, 0.3) is 5.91 Å². The van der Waals surface area contributed by atoms with Crippen molar-refractivity contribution in [3.05, 3.63) is 81.6 Å². The second-order valence-electron chi connectivity index (χ2n) is 6.00. The van der Waals surface area contributed by atoms with Crippen molar-refractivity contribution in [2.75, 3.05) is 0 Å². The minimum absolute atomic E-state index is 0.119. The van der Waals surface area contributed by atoms with Gasteiger partial charge in [-0.3, -0.25) is 9.48 Å².